The molecule has 348 valence electrons. The smallest absolute Gasteiger partial charge is 0.320 e. The first-order chi connectivity index (χ1) is 30.6. The number of H-pyrrole nitrogens is 3. The van der Waals surface area contributed by atoms with Crippen LogP contribution in [0, 0.1) is 56.3 Å². The van der Waals surface area contributed by atoms with Gasteiger partial charge >= 0.3 is 11.9 Å². The van der Waals surface area contributed by atoms with Crippen LogP contribution in [0.4, 0.5) is 0 Å². The summed E-state index contributed by atoms with van der Waals surface area (Å²) in [5.41, 5.74) is 11.1. The van der Waals surface area contributed by atoms with Gasteiger partial charge in [0.2, 0.25) is 0 Å². The van der Waals surface area contributed by atoms with Gasteiger partial charge in [-0.2, -0.15) is 0 Å². The lowest BCUT2D eigenvalue weighted by Gasteiger charge is -2.26. The van der Waals surface area contributed by atoms with Gasteiger partial charge in [0, 0.05) is 56.6 Å². The number of ether oxygens (including phenoxy) is 2. The third kappa shape index (κ3) is 10.6. The number of rotatable bonds is 20. The molecule has 64 heavy (non-hydrogen) atoms. The summed E-state index contributed by atoms with van der Waals surface area (Å²) in [4.78, 5) is 38.2. The molecule has 1 fully saturated rings. The van der Waals surface area contributed by atoms with Crippen LogP contribution >= 0.6 is 0 Å². The van der Waals surface area contributed by atoms with E-state index in [0.29, 0.717) is 11.6 Å². The number of aromatic amines is 3. The van der Waals surface area contributed by atoms with Crippen molar-refractivity contribution in [1.29, 1.82) is 0 Å². The Kier molecular flexibility index (Phi) is 16.2. The molecule has 3 aromatic rings. The number of allylic oxidation sites excluding steroid dienone is 2. The van der Waals surface area contributed by atoms with Gasteiger partial charge in [0.15, 0.2) is 0 Å². The van der Waals surface area contributed by atoms with E-state index in [1.54, 1.807) is 0 Å². The third-order valence-electron chi connectivity index (χ3n) is 14.8. The van der Waals surface area contributed by atoms with E-state index in [-0.39, 0.29) is 36.6 Å². The van der Waals surface area contributed by atoms with Crippen molar-refractivity contribution >= 4 is 47.6 Å². The standard InChI is InChI=1S/C55H78N4O5/c1-13-39-35(8)42-28-44-37(10)41(24-25-48(60)64-27-26-34(7)23-17-22-33(6)21-16-20-32(5)19-15-18-31(3)4)52(58-44)50-51(55(62)63-12)54(61)49-38(11)45(59-53(49)50)30-47-40(14-2)36(9)43(57-47)29-46(39)56-42/h13,26,28-33,37,41,51-52,56-59,61H,1,14-25,27H2,2-12H3/b34-26+,43-29-,44-28-,47-30-/t32-,33+,37+,41+,51-,52?/m1/s1. The molecule has 1 saturated heterocycles. The van der Waals surface area contributed by atoms with Crippen LogP contribution in [0.5, 0.6) is 0 Å². The van der Waals surface area contributed by atoms with E-state index in [1.165, 1.54) is 68.8 Å². The summed E-state index contributed by atoms with van der Waals surface area (Å²) in [6.45, 7) is 26.6. The van der Waals surface area contributed by atoms with Gasteiger partial charge in [0.1, 0.15) is 18.3 Å². The van der Waals surface area contributed by atoms with Crippen molar-refractivity contribution in [2.45, 2.75) is 152 Å². The first-order valence-corrected chi connectivity index (χ1v) is 24.4. The Morgan fingerprint density at radius 1 is 0.844 bits per heavy atom. The molecule has 9 heteroatoms. The van der Waals surface area contributed by atoms with Crippen LogP contribution in [0.25, 0.3) is 35.6 Å². The average Bonchev–Trinajstić information content (AvgIpc) is 3.99. The zero-order valence-corrected chi connectivity index (χ0v) is 40.9. The maximum Gasteiger partial charge on any atom is 0.320 e. The molecule has 0 amide bonds. The number of carbonyl (C=O) groups excluding carboxylic acids is 2. The highest BCUT2D eigenvalue weighted by Crippen LogP contribution is 2.42. The predicted octanol–water partition coefficient (Wildman–Crippen LogP) is 9.37. The van der Waals surface area contributed by atoms with Crippen molar-refractivity contribution in [1.82, 2.24) is 20.3 Å². The summed E-state index contributed by atoms with van der Waals surface area (Å²) in [7, 11) is 1.36. The maximum absolute atomic E-state index is 13.7. The third-order valence-corrected chi connectivity index (χ3v) is 14.8. The number of aromatic nitrogens is 3. The van der Waals surface area contributed by atoms with Crippen LogP contribution in [0.2, 0.25) is 0 Å². The van der Waals surface area contributed by atoms with Crippen molar-refractivity contribution < 1.29 is 24.2 Å². The van der Waals surface area contributed by atoms with Gasteiger partial charge in [-0.05, 0) is 129 Å². The van der Waals surface area contributed by atoms with Gasteiger partial charge in [0.25, 0.3) is 0 Å². The SMILES string of the molecule is C=Cc1c2[nH]c(c1C)/C=C1\NC(C3=c4[nH]c(c(C)c4=C(O)[C@@H]3C(=O)OC)/C=c3\[nH]/c(c(C)c3CC)=C\2)[C@@H](CCC(=O)OC/C=C(\C)CCC[C@@H](C)CCC[C@H](C)CCCC(C)C)[C@@H]1C. The normalized spacial score (nSPS) is 22.0. The Balaban J connectivity index is 1.21. The maximum atomic E-state index is 13.7. The topological polar surface area (TPSA) is 132 Å². The quantitative estimate of drug-likeness (QED) is 0.0568. The summed E-state index contributed by atoms with van der Waals surface area (Å²) < 4.78 is 11.2. The van der Waals surface area contributed by atoms with E-state index < -0.39 is 17.9 Å². The zero-order valence-electron chi connectivity index (χ0n) is 40.9. The molecule has 0 saturated carbocycles. The fourth-order valence-electron chi connectivity index (χ4n) is 10.7. The summed E-state index contributed by atoms with van der Waals surface area (Å²) in [6.07, 6.45) is 23.3. The summed E-state index contributed by atoms with van der Waals surface area (Å²) in [6, 6.07) is -0.395. The lowest BCUT2D eigenvalue weighted by Crippen LogP contribution is -2.38. The molecule has 1 aliphatic carbocycles. The first-order valence-electron chi connectivity index (χ1n) is 24.4. The lowest BCUT2D eigenvalue weighted by atomic mass is 9.80. The van der Waals surface area contributed by atoms with Crippen molar-refractivity contribution in [3.63, 3.8) is 0 Å². The summed E-state index contributed by atoms with van der Waals surface area (Å²) in [5, 5.41) is 19.1. The molecule has 5 N–H and O–H groups in total. The minimum Gasteiger partial charge on any atom is -0.510 e. The fraction of sp³-hybridized carbons (Fsp3) is 0.564. The van der Waals surface area contributed by atoms with Crippen LogP contribution in [0.1, 0.15) is 164 Å². The number of hydrogen-bond acceptors (Lipinski definition) is 6. The van der Waals surface area contributed by atoms with Gasteiger partial charge in [-0.15, -0.1) is 0 Å². The molecule has 6 atom stereocenters. The van der Waals surface area contributed by atoms with Gasteiger partial charge < -0.3 is 34.8 Å². The number of fused-ring (bicyclic) bond motifs is 8. The van der Waals surface area contributed by atoms with E-state index in [4.69, 9.17) is 9.47 Å². The van der Waals surface area contributed by atoms with E-state index >= 15 is 0 Å². The highest BCUT2D eigenvalue weighted by molar-refractivity contribution is 5.95. The molecule has 1 unspecified atom stereocenters. The minimum absolute atomic E-state index is 0.0153. The van der Waals surface area contributed by atoms with Crippen LogP contribution < -0.4 is 26.6 Å². The van der Waals surface area contributed by atoms with Crippen LogP contribution in [0.15, 0.2) is 23.9 Å². The van der Waals surface area contributed by atoms with Crippen molar-refractivity contribution in [3.05, 3.63) is 90.1 Å². The van der Waals surface area contributed by atoms with Crippen molar-refractivity contribution in [3.8, 4) is 0 Å². The molecule has 0 spiro atoms. The largest absolute Gasteiger partial charge is 0.510 e. The number of methoxy groups -OCH3 is 1. The number of aliphatic hydroxyl groups is 1. The number of nitrogens with one attached hydrogen (secondary N) is 4. The lowest BCUT2D eigenvalue weighted by molar-refractivity contribution is -0.143. The fourth-order valence-corrected chi connectivity index (χ4v) is 10.7. The zero-order chi connectivity index (χ0) is 46.4. The first kappa shape index (κ1) is 48.5. The molecule has 2 aliphatic heterocycles. The monoisotopic (exact) mass is 875 g/mol. The Bertz CT molecular complexity index is 2510. The molecule has 0 aromatic carbocycles. The average molecular weight is 875 g/mol. The summed E-state index contributed by atoms with van der Waals surface area (Å²) >= 11 is 0. The molecule has 0 radical (unpaired) electrons. The van der Waals surface area contributed by atoms with E-state index in [1.807, 2.05) is 13.0 Å². The van der Waals surface area contributed by atoms with Crippen molar-refractivity contribution in [2.75, 3.05) is 13.7 Å². The second-order valence-corrected chi connectivity index (χ2v) is 19.9. The highest BCUT2D eigenvalue weighted by Gasteiger charge is 2.47. The van der Waals surface area contributed by atoms with Gasteiger partial charge in [-0.3, -0.25) is 9.59 Å². The Labute approximate surface area is 382 Å². The highest BCUT2D eigenvalue weighted by atomic mass is 16.5. The molecule has 3 aromatic heterocycles. The number of esters is 2. The van der Waals surface area contributed by atoms with Crippen LogP contribution in [0.3, 0.4) is 0 Å². The number of hydrogen-bond donors (Lipinski definition) is 5. The Morgan fingerprint density at radius 2 is 1.50 bits per heavy atom. The van der Waals surface area contributed by atoms with E-state index in [9.17, 15) is 14.7 Å². The molecule has 9 nitrogen and oxygen atoms in total. The van der Waals surface area contributed by atoms with Crippen molar-refractivity contribution in [2.24, 2.45) is 35.5 Å². The number of aliphatic hydroxyl groups excluding tert-OH is 1. The minimum atomic E-state index is -0.994. The van der Waals surface area contributed by atoms with Crippen LogP contribution in [-0.2, 0) is 25.5 Å². The second kappa shape index (κ2) is 21.4. The van der Waals surface area contributed by atoms with Gasteiger partial charge in [-0.25, -0.2) is 0 Å². The molecule has 3 aliphatic rings. The second-order valence-electron chi connectivity index (χ2n) is 19.9. The van der Waals surface area contributed by atoms with Gasteiger partial charge in [-0.1, -0.05) is 105 Å². The van der Waals surface area contributed by atoms with Gasteiger partial charge in [0.05, 0.1) is 18.5 Å². The Hall–Kier alpha value is -4.92. The van der Waals surface area contributed by atoms with E-state index in [0.717, 1.165) is 98.1 Å². The molecular weight excluding hydrogens is 797 g/mol. The summed E-state index contributed by atoms with van der Waals surface area (Å²) in [5.74, 6) is 0.433. The van der Waals surface area contributed by atoms with Crippen LogP contribution in [-0.4, -0.2) is 51.8 Å². The predicted molar refractivity (Wildman–Crippen MR) is 263 cm³/mol. The number of carbonyl (C=O) groups is 2. The molecule has 6 rings (SSSR count). The molecular formula is C55H78N4O5. The van der Waals surface area contributed by atoms with E-state index in [2.05, 4.69) is 113 Å². The molecule has 8 bridgehead atoms. The Morgan fingerprint density at radius 3 is 2.16 bits per heavy atom. The molecule has 5 heterocycles.